The molecule has 0 unspecified atom stereocenters. The number of nitrogens with zero attached hydrogens (tertiary/aromatic N) is 3. The third-order valence-electron chi connectivity index (χ3n) is 9.70. The van der Waals surface area contributed by atoms with Crippen molar-refractivity contribution in [1.82, 2.24) is 9.80 Å². The maximum Gasteiger partial charge on any atom is 0.326 e. The number of aliphatic imine (C=N–C) groups is 1. The van der Waals surface area contributed by atoms with Crippen molar-refractivity contribution < 1.29 is 26.4 Å². The summed E-state index contributed by atoms with van der Waals surface area (Å²) in [6.07, 6.45) is 4.11. The Kier molecular flexibility index (Phi) is 10.7. The summed E-state index contributed by atoms with van der Waals surface area (Å²) in [5, 5.41) is 1.04. The number of benzene rings is 3. The molecular weight excluding hydrogens is 729 g/mol. The molecule has 264 valence electrons. The molecule has 2 amide bonds. The largest absolute Gasteiger partial charge is 0.493 e. The molecule has 2 aliphatic rings. The fourth-order valence-corrected chi connectivity index (χ4v) is 9.10. The average molecular weight is 769 g/mol. The molecule has 1 fully saturated rings. The van der Waals surface area contributed by atoms with Crippen LogP contribution in [-0.2, 0) is 30.8 Å². The number of carbonyl (C=O) groups excluding carboxylic acids is 1. The van der Waals surface area contributed by atoms with Crippen LogP contribution in [0.5, 0.6) is 5.75 Å². The van der Waals surface area contributed by atoms with Gasteiger partial charge in [-0.15, -0.1) is 0 Å². The maximum absolute atomic E-state index is 15.1. The van der Waals surface area contributed by atoms with E-state index in [2.05, 4.69) is 0 Å². The Labute approximate surface area is 304 Å². The zero-order chi connectivity index (χ0) is 35.9. The van der Waals surface area contributed by atoms with Gasteiger partial charge in [-0.25, -0.2) is 21.6 Å². The van der Waals surface area contributed by atoms with Gasteiger partial charge in [0.2, 0.25) is 0 Å². The van der Waals surface area contributed by atoms with Crippen LogP contribution in [0.4, 0.5) is 4.79 Å². The molecule has 0 saturated carbocycles. The summed E-state index contributed by atoms with van der Waals surface area (Å²) in [4.78, 5) is 23.7. The second-order valence-corrected chi connectivity index (χ2v) is 18.6. The molecule has 3 aromatic carbocycles. The van der Waals surface area contributed by atoms with Gasteiger partial charge in [-0.2, -0.15) is 0 Å². The number of rotatable bonds is 9. The summed E-state index contributed by atoms with van der Waals surface area (Å²) >= 11 is 19.2. The molecule has 1 saturated heterocycles. The first-order chi connectivity index (χ1) is 22.9. The Morgan fingerprint density at radius 2 is 1.45 bits per heavy atom. The van der Waals surface area contributed by atoms with E-state index in [4.69, 9.17) is 44.5 Å². The number of sulfone groups is 2. The Bertz CT molecular complexity index is 1980. The lowest BCUT2D eigenvalue weighted by atomic mass is 9.71. The van der Waals surface area contributed by atoms with Crippen molar-refractivity contribution in [2.75, 3.05) is 38.0 Å². The highest BCUT2D eigenvalue weighted by Gasteiger charge is 2.60. The number of ether oxygens (including phenoxy) is 1. The summed E-state index contributed by atoms with van der Waals surface area (Å²) < 4.78 is 55.6. The van der Waals surface area contributed by atoms with Crippen molar-refractivity contribution in [3.63, 3.8) is 0 Å². The van der Waals surface area contributed by atoms with Crippen LogP contribution in [0.2, 0.25) is 15.1 Å². The molecule has 0 bridgehead atoms. The van der Waals surface area contributed by atoms with Crippen molar-refractivity contribution in [3.05, 3.63) is 92.4 Å². The van der Waals surface area contributed by atoms with E-state index in [1.54, 1.807) is 41.0 Å². The topological polar surface area (TPSA) is 113 Å². The van der Waals surface area contributed by atoms with Crippen LogP contribution in [0.25, 0.3) is 0 Å². The standard InChI is InChI=1S/C35H40Cl3N3O6S2/c1-6-47-30-22-29(38)31(49(5,45)46)21-28(30)32-39-34(2,24-7-11-26(36)12-8-24)35(3,25-9-13-27(37)14-10-25)41(32)33(42)40-18-15-23(16-19-40)17-20-48(4,43)44/h7-14,21-23H,6,15-20H2,1-5H3/t34-,35+/m0/s1. The smallest absolute Gasteiger partial charge is 0.326 e. The Hall–Kier alpha value is -2.83. The third kappa shape index (κ3) is 7.47. The van der Waals surface area contributed by atoms with E-state index in [-0.39, 0.29) is 45.8 Å². The second kappa shape index (κ2) is 14.1. The van der Waals surface area contributed by atoms with Gasteiger partial charge in [-0.1, -0.05) is 59.1 Å². The number of carbonyl (C=O) groups is 1. The summed E-state index contributed by atoms with van der Waals surface area (Å²) in [5.74, 6) is 0.742. The molecule has 0 radical (unpaired) electrons. The number of amidine groups is 1. The van der Waals surface area contributed by atoms with Crippen LogP contribution in [0.3, 0.4) is 0 Å². The third-order valence-corrected chi connectivity index (χ3v) is 12.7. The van der Waals surface area contributed by atoms with E-state index in [9.17, 15) is 16.8 Å². The quantitative estimate of drug-likeness (QED) is 0.222. The summed E-state index contributed by atoms with van der Waals surface area (Å²) in [6, 6.07) is 17.0. The predicted molar refractivity (Wildman–Crippen MR) is 196 cm³/mol. The number of hydrogen-bond donors (Lipinski definition) is 0. The zero-order valence-electron chi connectivity index (χ0n) is 28.0. The van der Waals surface area contributed by atoms with Crippen LogP contribution in [0.1, 0.15) is 56.7 Å². The van der Waals surface area contributed by atoms with E-state index in [0.717, 1.165) is 17.4 Å². The average Bonchev–Trinajstić information content (AvgIpc) is 3.27. The van der Waals surface area contributed by atoms with E-state index in [0.29, 0.717) is 48.0 Å². The van der Waals surface area contributed by atoms with Crippen molar-refractivity contribution in [2.45, 2.75) is 56.0 Å². The second-order valence-electron chi connectivity index (χ2n) is 13.0. The van der Waals surface area contributed by atoms with Crippen LogP contribution < -0.4 is 4.74 Å². The lowest BCUT2D eigenvalue weighted by Crippen LogP contribution is -2.59. The molecule has 0 aliphatic carbocycles. The normalized spacial score (nSPS) is 21.9. The molecule has 2 atom stereocenters. The first kappa shape index (κ1) is 37.4. The number of urea groups is 1. The van der Waals surface area contributed by atoms with E-state index < -0.39 is 30.8 Å². The van der Waals surface area contributed by atoms with Crippen molar-refractivity contribution in [2.24, 2.45) is 10.9 Å². The molecule has 49 heavy (non-hydrogen) atoms. The van der Waals surface area contributed by atoms with Gasteiger partial charge in [-0.3, -0.25) is 9.89 Å². The molecule has 2 heterocycles. The van der Waals surface area contributed by atoms with Crippen molar-refractivity contribution in [1.29, 1.82) is 0 Å². The van der Waals surface area contributed by atoms with E-state index in [1.807, 2.05) is 38.1 Å². The minimum atomic E-state index is -3.80. The van der Waals surface area contributed by atoms with E-state index in [1.165, 1.54) is 18.4 Å². The fraction of sp³-hybridized carbons (Fsp3) is 0.429. The minimum Gasteiger partial charge on any atom is -0.493 e. The predicted octanol–water partition coefficient (Wildman–Crippen LogP) is 7.61. The van der Waals surface area contributed by atoms with Crippen LogP contribution >= 0.6 is 34.8 Å². The van der Waals surface area contributed by atoms with Gasteiger partial charge < -0.3 is 9.64 Å². The summed E-state index contributed by atoms with van der Waals surface area (Å²) in [6.45, 7) is 6.71. The van der Waals surface area contributed by atoms with Gasteiger partial charge in [-0.05, 0) is 87.4 Å². The molecule has 14 heteroatoms. The van der Waals surface area contributed by atoms with Gasteiger partial charge >= 0.3 is 6.03 Å². The minimum absolute atomic E-state index is 0.0109. The Morgan fingerprint density at radius 3 is 1.96 bits per heavy atom. The number of hydrogen-bond acceptors (Lipinski definition) is 7. The van der Waals surface area contributed by atoms with Gasteiger partial charge in [0, 0.05) is 41.7 Å². The highest BCUT2D eigenvalue weighted by atomic mass is 35.5. The molecule has 0 aromatic heterocycles. The van der Waals surface area contributed by atoms with Crippen LogP contribution in [-0.4, -0.2) is 76.5 Å². The molecule has 2 aliphatic heterocycles. The molecular formula is C35H40Cl3N3O6S2. The Morgan fingerprint density at radius 1 is 0.898 bits per heavy atom. The number of likely N-dealkylation sites (tertiary alicyclic amines) is 1. The van der Waals surface area contributed by atoms with Crippen molar-refractivity contribution in [3.8, 4) is 5.75 Å². The Balaban J connectivity index is 1.74. The number of halogens is 3. The fourth-order valence-electron chi connectivity index (χ4n) is 6.77. The summed E-state index contributed by atoms with van der Waals surface area (Å²) in [7, 11) is -6.91. The lowest BCUT2D eigenvalue weighted by molar-refractivity contribution is 0.0964. The van der Waals surface area contributed by atoms with Gasteiger partial charge in [0.15, 0.2) is 9.84 Å². The van der Waals surface area contributed by atoms with Crippen LogP contribution in [0, 0.1) is 5.92 Å². The SMILES string of the molecule is CCOc1cc(Cl)c(S(C)(=O)=O)cc1C1=N[C@@](C)(c2ccc(Cl)cc2)[C@@](C)(c2ccc(Cl)cc2)N1C(=O)N1CCC(CCS(C)(=O)=O)CC1. The highest BCUT2D eigenvalue weighted by molar-refractivity contribution is 7.91. The van der Waals surface area contributed by atoms with Gasteiger partial charge in [0.25, 0.3) is 0 Å². The lowest BCUT2D eigenvalue weighted by Gasteiger charge is -2.47. The molecule has 9 nitrogen and oxygen atoms in total. The zero-order valence-corrected chi connectivity index (χ0v) is 31.9. The molecule has 3 aromatic rings. The molecule has 5 rings (SSSR count). The molecule has 0 N–H and O–H groups in total. The number of amides is 2. The monoisotopic (exact) mass is 767 g/mol. The summed E-state index contributed by atoms with van der Waals surface area (Å²) in [5.41, 5.74) is -0.546. The first-order valence-electron chi connectivity index (χ1n) is 15.9. The first-order valence-corrected chi connectivity index (χ1v) is 21.0. The van der Waals surface area contributed by atoms with E-state index >= 15 is 4.79 Å². The van der Waals surface area contributed by atoms with Gasteiger partial charge in [0.1, 0.15) is 32.5 Å². The maximum atomic E-state index is 15.1. The highest BCUT2D eigenvalue weighted by Crippen LogP contribution is 2.54. The van der Waals surface area contributed by atoms with Gasteiger partial charge in [0.05, 0.1) is 27.8 Å². The van der Waals surface area contributed by atoms with Crippen molar-refractivity contribution >= 4 is 66.3 Å². The number of piperidine rings is 1. The van der Waals surface area contributed by atoms with Crippen LogP contribution in [0.15, 0.2) is 70.6 Å². The molecule has 0 spiro atoms.